The largest absolute Gasteiger partial charge is 0.457 e. The Morgan fingerprint density at radius 2 is 2.12 bits per heavy atom. The molecule has 0 aliphatic rings. The first kappa shape index (κ1) is 14.3. The van der Waals surface area contributed by atoms with Crippen molar-refractivity contribution in [3.63, 3.8) is 0 Å². The molecule has 17 heavy (non-hydrogen) atoms. The highest BCUT2D eigenvalue weighted by Gasteiger charge is 2.18. The van der Waals surface area contributed by atoms with E-state index in [1.54, 1.807) is 6.07 Å². The Balaban J connectivity index is 2.56. The zero-order valence-corrected chi connectivity index (χ0v) is 12.2. The Morgan fingerprint density at radius 1 is 1.41 bits per heavy atom. The third-order valence-corrected chi connectivity index (χ3v) is 3.16. The van der Waals surface area contributed by atoms with E-state index in [0.29, 0.717) is 16.8 Å². The summed E-state index contributed by atoms with van der Waals surface area (Å²) in [4.78, 5) is 16.1. The summed E-state index contributed by atoms with van der Waals surface area (Å²) in [6.45, 7) is 4.45. The van der Waals surface area contributed by atoms with Crippen molar-refractivity contribution in [2.75, 3.05) is 33.7 Å². The van der Waals surface area contributed by atoms with Gasteiger partial charge in [-0.2, -0.15) is 0 Å². The van der Waals surface area contributed by atoms with E-state index in [4.69, 9.17) is 4.42 Å². The number of carbonyl (C=O) groups is 1. The van der Waals surface area contributed by atoms with Crippen LogP contribution >= 0.6 is 15.9 Å². The lowest BCUT2D eigenvalue weighted by atomic mass is 10.2. The Hall–Kier alpha value is -0.810. The lowest BCUT2D eigenvalue weighted by Gasteiger charge is -2.21. The first-order chi connectivity index (χ1) is 8.06. The summed E-state index contributed by atoms with van der Waals surface area (Å²) in [6.07, 6.45) is 2.49. The smallest absolute Gasteiger partial charge is 0.258 e. The normalized spacial score (nSPS) is 10.9. The van der Waals surface area contributed by atoms with Crippen molar-refractivity contribution in [1.82, 2.24) is 9.80 Å². The molecule has 1 amide bonds. The Bertz CT molecular complexity index is 363. The SMILES string of the molecule is CCN(CCCN(C)C)C(=O)c1ccoc1Br. The molecule has 0 atom stereocenters. The number of carbonyl (C=O) groups excluding carboxylic acids is 1. The van der Waals surface area contributed by atoms with E-state index in [0.717, 1.165) is 19.5 Å². The molecule has 0 unspecified atom stereocenters. The van der Waals surface area contributed by atoms with Crippen LogP contribution in [0.2, 0.25) is 0 Å². The third-order valence-electron chi connectivity index (χ3n) is 2.55. The minimum Gasteiger partial charge on any atom is -0.457 e. The summed E-state index contributed by atoms with van der Waals surface area (Å²) < 4.78 is 5.59. The zero-order valence-electron chi connectivity index (χ0n) is 10.6. The van der Waals surface area contributed by atoms with Crippen molar-refractivity contribution in [3.8, 4) is 0 Å². The average molecular weight is 303 g/mol. The monoisotopic (exact) mass is 302 g/mol. The van der Waals surface area contributed by atoms with Gasteiger partial charge in [0.25, 0.3) is 5.91 Å². The van der Waals surface area contributed by atoms with Crippen LogP contribution in [0.1, 0.15) is 23.7 Å². The first-order valence-corrected chi connectivity index (χ1v) is 6.52. The van der Waals surface area contributed by atoms with Crippen LogP contribution in [0.5, 0.6) is 0 Å². The molecule has 0 radical (unpaired) electrons. The quantitative estimate of drug-likeness (QED) is 0.810. The molecule has 5 heteroatoms. The molecule has 0 saturated heterocycles. The molecule has 0 fully saturated rings. The van der Waals surface area contributed by atoms with Gasteiger partial charge in [-0.25, -0.2) is 0 Å². The molecule has 4 nitrogen and oxygen atoms in total. The van der Waals surface area contributed by atoms with Crippen LogP contribution in [0.3, 0.4) is 0 Å². The fraction of sp³-hybridized carbons (Fsp3) is 0.583. The number of hydrogen-bond acceptors (Lipinski definition) is 3. The highest BCUT2D eigenvalue weighted by atomic mass is 79.9. The molecule has 0 spiro atoms. The number of furan rings is 1. The van der Waals surface area contributed by atoms with Crippen molar-refractivity contribution in [1.29, 1.82) is 0 Å². The van der Waals surface area contributed by atoms with E-state index in [1.165, 1.54) is 6.26 Å². The number of amides is 1. The van der Waals surface area contributed by atoms with Crippen LogP contribution in [-0.4, -0.2) is 49.4 Å². The number of rotatable bonds is 6. The summed E-state index contributed by atoms with van der Waals surface area (Å²) >= 11 is 3.23. The van der Waals surface area contributed by atoms with Gasteiger partial charge < -0.3 is 14.2 Å². The molecule has 0 saturated carbocycles. The van der Waals surface area contributed by atoms with Crippen LogP contribution in [-0.2, 0) is 0 Å². The maximum absolute atomic E-state index is 12.2. The molecule has 1 heterocycles. The predicted molar refractivity (Wildman–Crippen MR) is 71.2 cm³/mol. The Labute approximate surface area is 111 Å². The van der Waals surface area contributed by atoms with Gasteiger partial charge >= 0.3 is 0 Å². The van der Waals surface area contributed by atoms with Crippen LogP contribution in [0.25, 0.3) is 0 Å². The minimum absolute atomic E-state index is 0.0203. The molecule has 0 bridgehead atoms. The average Bonchev–Trinajstić information content (AvgIpc) is 2.69. The number of hydrogen-bond donors (Lipinski definition) is 0. The summed E-state index contributed by atoms with van der Waals surface area (Å²) in [5, 5.41) is 0. The molecule has 0 N–H and O–H groups in total. The molecular formula is C12H19BrN2O2. The number of halogens is 1. The predicted octanol–water partition coefficient (Wildman–Crippen LogP) is 2.46. The van der Waals surface area contributed by atoms with Gasteiger partial charge in [0, 0.05) is 13.1 Å². The molecule has 0 aromatic carbocycles. The minimum atomic E-state index is 0.0203. The van der Waals surface area contributed by atoms with Gasteiger partial charge in [0.1, 0.15) is 0 Å². The molecular weight excluding hydrogens is 284 g/mol. The number of nitrogens with zero attached hydrogens (tertiary/aromatic N) is 2. The van der Waals surface area contributed by atoms with Gasteiger partial charge in [0.15, 0.2) is 4.67 Å². The fourth-order valence-electron chi connectivity index (χ4n) is 1.60. The van der Waals surface area contributed by atoms with E-state index in [1.807, 2.05) is 25.9 Å². The van der Waals surface area contributed by atoms with Gasteiger partial charge in [-0.05, 0) is 56.0 Å². The highest BCUT2D eigenvalue weighted by Crippen LogP contribution is 2.19. The summed E-state index contributed by atoms with van der Waals surface area (Å²) in [7, 11) is 4.07. The zero-order chi connectivity index (χ0) is 12.8. The second-order valence-electron chi connectivity index (χ2n) is 4.15. The van der Waals surface area contributed by atoms with Crippen LogP contribution in [0, 0.1) is 0 Å². The first-order valence-electron chi connectivity index (χ1n) is 5.73. The summed E-state index contributed by atoms with van der Waals surface area (Å²) in [5.41, 5.74) is 0.594. The standard InChI is InChI=1S/C12H19BrN2O2/c1-4-15(8-5-7-14(2)3)12(16)10-6-9-17-11(10)13/h6,9H,4-5,7-8H2,1-3H3. The molecule has 1 rings (SSSR count). The molecule has 0 aliphatic heterocycles. The molecule has 1 aromatic heterocycles. The fourth-order valence-corrected chi connectivity index (χ4v) is 2.01. The Kier molecular flexibility index (Phi) is 5.71. The van der Waals surface area contributed by atoms with Crippen molar-refractivity contribution >= 4 is 21.8 Å². The Morgan fingerprint density at radius 3 is 2.59 bits per heavy atom. The lowest BCUT2D eigenvalue weighted by Crippen LogP contribution is -2.33. The molecule has 96 valence electrons. The van der Waals surface area contributed by atoms with Gasteiger partial charge in [-0.3, -0.25) is 4.79 Å². The van der Waals surface area contributed by atoms with Gasteiger partial charge in [-0.1, -0.05) is 0 Å². The van der Waals surface area contributed by atoms with Crippen LogP contribution in [0.4, 0.5) is 0 Å². The lowest BCUT2D eigenvalue weighted by molar-refractivity contribution is 0.0757. The van der Waals surface area contributed by atoms with E-state index in [2.05, 4.69) is 20.8 Å². The van der Waals surface area contributed by atoms with E-state index in [9.17, 15) is 4.79 Å². The van der Waals surface area contributed by atoms with Crippen molar-refractivity contribution < 1.29 is 9.21 Å². The third kappa shape index (κ3) is 4.16. The maximum atomic E-state index is 12.2. The van der Waals surface area contributed by atoms with Gasteiger partial charge in [0.05, 0.1) is 11.8 Å². The van der Waals surface area contributed by atoms with E-state index >= 15 is 0 Å². The summed E-state index contributed by atoms with van der Waals surface area (Å²) in [5.74, 6) is 0.0203. The highest BCUT2D eigenvalue weighted by molar-refractivity contribution is 9.10. The van der Waals surface area contributed by atoms with Crippen molar-refractivity contribution in [3.05, 3.63) is 22.6 Å². The molecule has 0 aliphatic carbocycles. The van der Waals surface area contributed by atoms with Gasteiger partial charge in [0.2, 0.25) is 0 Å². The van der Waals surface area contributed by atoms with Crippen molar-refractivity contribution in [2.24, 2.45) is 0 Å². The molecule has 1 aromatic rings. The van der Waals surface area contributed by atoms with Crippen LogP contribution < -0.4 is 0 Å². The van der Waals surface area contributed by atoms with Crippen LogP contribution in [0.15, 0.2) is 21.4 Å². The topological polar surface area (TPSA) is 36.7 Å². The maximum Gasteiger partial charge on any atom is 0.258 e. The summed E-state index contributed by atoms with van der Waals surface area (Å²) in [6, 6.07) is 1.70. The van der Waals surface area contributed by atoms with E-state index < -0.39 is 0 Å². The van der Waals surface area contributed by atoms with Gasteiger partial charge in [-0.15, -0.1) is 0 Å². The van der Waals surface area contributed by atoms with E-state index in [-0.39, 0.29) is 5.91 Å². The second kappa shape index (κ2) is 6.81. The second-order valence-corrected chi connectivity index (χ2v) is 4.87. The van der Waals surface area contributed by atoms with Crippen molar-refractivity contribution in [2.45, 2.75) is 13.3 Å².